The number of benzene rings is 2. The van der Waals surface area contributed by atoms with Gasteiger partial charge in [-0.2, -0.15) is 0 Å². The molecule has 90 valence electrons. The van der Waals surface area contributed by atoms with Crippen molar-refractivity contribution in [3.8, 4) is 0 Å². The molecule has 0 heterocycles. The van der Waals surface area contributed by atoms with Gasteiger partial charge in [-0.05, 0) is 77.6 Å². The monoisotopic (exact) mass is 236 g/mol. The third kappa shape index (κ3) is 1.25. The molecule has 0 spiro atoms. The average Bonchev–Trinajstić information content (AvgIpc) is 2.44. The van der Waals surface area contributed by atoms with E-state index in [0.29, 0.717) is 0 Å². The van der Waals surface area contributed by atoms with E-state index in [2.05, 4.69) is 18.2 Å². The first-order chi connectivity index (χ1) is 8.88. The fourth-order valence-corrected chi connectivity index (χ4v) is 3.81. The van der Waals surface area contributed by atoms with Gasteiger partial charge in [-0.3, -0.25) is 4.79 Å². The highest BCUT2D eigenvalue weighted by Gasteiger charge is 2.22. The zero-order chi connectivity index (χ0) is 12.1. The summed E-state index contributed by atoms with van der Waals surface area (Å²) in [6.07, 6.45) is 8.03. The van der Waals surface area contributed by atoms with Gasteiger partial charge in [-0.1, -0.05) is 12.1 Å². The van der Waals surface area contributed by atoms with Gasteiger partial charge in [0.25, 0.3) is 0 Å². The molecular weight excluding hydrogens is 220 g/mol. The average molecular weight is 236 g/mol. The van der Waals surface area contributed by atoms with E-state index in [4.69, 9.17) is 0 Å². The number of hydrogen-bond acceptors (Lipinski definition) is 1. The number of carbonyl (C=O) groups excluding carboxylic acids is 1. The van der Waals surface area contributed by atoms with Crippen LogP contribution >= 0.6 is 0 Å². The Hall–Kier alpha value is -1.63. The quantitative estimate of drug-likeness (QED) is 0.691. The van der Waals surface area contributed by atoms with Crippen LogP contribution in [0.3, 0.4) is 0 Å². The second-order valence-corrected chi connectivity index (χ2v) is 5.56. The van der Waals surface area contributed by atoms with E-state index in [1.54, 1.807) is 0 Å². The van der Waals surface area contributed by atoms with Crippen LogP contribution in [0.5, 0.6) is 0 Å². The molecule has 0 aliphatic heterocycles. The standard InChI is InChI=1S/C17H16O/c18-10-14-9-13-5-1-3-11-7-8-12-4-2-6-15(14)17(12)16(11)13/h7-10H,1-6H2. The summed E-state index contributed by atoms with van der Waals surface area (Å²) < 4.78 is 0. The number of aldehydes is 1. The summed E-state index contributed by atoms with van der Waals surface area (Å²) in [5.74, 6) is 0. The van der Waals surface area contributed by atoms with Crippen molar-refractivity contribution in [2.24, 2.45) is 0 Å². The summed E-state index contributed by atoms with van der Waals surface area (Å²) >= 11 is 0. The van der Waals surface area contributed by atoms with Gasteiger partial charge in [-0.25, -0.2) is 0 Å². The first-order valence-electron chi connectivity index (χ1n) is 6.93. The van der Waals surface area contributed by atoms with Crippen molar-refractivity contribution in [3.63, 3.8) is 0 Å². The summed E-state index contributed by atoms with van der Waals surface area (Å²) in [4.78, 5) is 11.3. The summed E-state index contributed by atoms with van der Waals surface area (Å²) in [6, 6.07) is 6.77. The largest absolute Gasteiger partial charge is 0.298 e. The van der Waals surface area contributed by atoms with E-state index >= 15 is 0 Å². The molecule has 0 saturated heterocycles. The first kappa shape index (κ1) is 10.3. The summed E-state index contributed by atoms with van der Waals surface area (Å²) in [7, 11) is 0. The summed E-state index contributed by atoms with van der Waals surface area (Å²) in [5, 5.41) is 2.91. The molecule has 2 aliphatic carbocycles. The Bertz CT molecular complexity index is 667. The molecule has 2 aliphatic rings. The molecule has 2 aromatic rings. The fraction of sp³-hybridized carbons (Fsp3) is 0.353. The fourth-order valence-electron chi connectivity index (χ4n) is 3.81. The normalized spacial score (nSPS) is 16.9. The lowest BCUT2D eigenvalue weighted by molar-refractivity contribution is 0.112. The maximum Gasteiger partial charge on any atom is 0.150 e. The van der Waals surface area contributed by atoms with Crippen molar-refractivity contribution >= 4 is 17.1 Å². The zero-order valence-electron chi connectivity index (χ0n) is 10.5. The smallest absolute Gasteiger partial charge is 0.150 e. The highest BCUT2D eigenvalue weighted by atomic mass is 16.1. The zero-order valence-corrected chi connectivity index (χ0v) is 10.5. The molecule has 1 nitrogen and oxygen atoms in total. The Morgan fingerprint density at radius 3 is 2.28 bits per heavy atom. The number of rotatable bonds is 1. The molecule has 4 rings (SSSR count). The van der Waals surface area contributed by atoms with Crippen molar-refractivity contribution in [2.45, 2.75) is 38.5 Å². The third-order valence-corrected chi connectivity index (χ3v) is 4.57. The van der Waals surface area contributed by atoms with Gasteiger partial charge in [0, 0.05) is 5.56 Å². The van der Waals surface area contributed by atoms with E-state index in [1.165, 1.54) is 58.7 Å². The molecule has 1 heteroatoms. The Labute approximate surface area is 107 Å². The van der Waals surface area contributed by atoms with E-state index in [9.17, 15) is 4.79 Å². The maximum absolute atomic E-state index is 11.3. The minimum Gasteiger partial charge on any atom is -0.298 e. The van der Waals surface area contributed by atoms with Crippen LogP contribution in [0.15, 0.2) is 18.2 Å². The summed E-state index contributed by atoms with van der Waals surface area (Å²) in [6.45, 7) is 0. The van der Waals surface area contributed by atoms with Crippen LogP contribution in [0.25, 0.3) is 10.8 Å². The molecule has 0 saturated carbocycles. The van der Waals surface area contributed by atoms with Gasteiger partial charge in [0.05, 0.1) is 0 Å². The molecular formula is C17H16O. The molecule has 0 aromatic heterocycles. The number of aryl methyl sites for hydroxylation is 4. The van der Waals surface area contributed by atoms with E-state index in [0.717, 1.165) is 24.7 Å². The van der Waals surface area contributed by atoms with Gasteiger partial charge in [0.15, 0.2) is 0 Å². The second-order valence-electron chi connectivity index (χ2n) is 5.56. The lowest BCUT2D eigenvalue weighted by atomic mass is 9.79. The first-order valence-corrected chi connectivity index (χ1v) is 6.93. The highest BCUT2D eigenvalue weighted by molar-refractivity contribution is 6.00. The molecule has 2 aromatic carbocycles. The van der Waals surface area contributed by atoms with Crippen molar-refractivity contribution in [1.29, 1.82) is 0 Å². The number of hydrogen-bond donors (Lipinski definition) is 0. The molecule has 0 unspecified atom stereocenters. The van der Waals surface area contributed by atoms with Crippen LogP contribution in [-0.4, -0.2) is 6.29 Å². The van der Waals surface area contributed by atoms with Crippen LogP contribution in [0.1, 0.15) is 45.5 Å². The van der Waals surface area contributed by atoms with Gasteiger partial charge in [0.1, 0.15) is 6.29 Å². The molecule has 18 heavy (non-hydrogen) atoms. The van der Waals surface area contributed by atoms with Gasteiger partial charge < -0.3 is 0 Å². The molecule has 0 fully saturated rings. The molecule has 0 N–H and O–H groups in total. The SMILES string of the molecule is O=Cc1cc2c3c(ccc4c3c1CCC4)CCC2. The van der Waals surface area contributed by atoms with Crippen LogP contribution in [0, 0.1) is 0 Å². The van der Waals surface area contributed by atoms with Gasteiger partial charge in [0.2, 0.25) is 0 Å². The minimum atomic E-state index is 0.942. The van der Waals surface area contributed by atoms with Crippen molar-refractivity contribution in [2.75, 3.05) is 0 Å². The topological polar surface area (TPSA) is 17.1 Å². The summed E-state index contributed by atoms with van der Waals surface area (Å²) in [5.41, 5.74) is 6.62. The van der Waals surface area contributed by atoms with Crippen LogP contribution in [0.4, 0.5) is 0 Å². The van der Waals surface area contributed by atoms with Crippen LogP contribution in [-0.2, 0) is 25.7 Å². The lowest BCUT2D eigenvalue weighted by Gasteiger charge is -2.25. The number of carbonyl (C=O) groups is 1. The van der Waals surface area contributed by atoms with E-state index < -0.39 is 0 Å². The molecule has 0 amide bonds. The maximum atomic E-state index is 11.3. The van der Waals surface area contributed by atoms with E-state index in [1.807, 2.05) is 0 Å². The van der Waals surface area contributed by atoms with Crippen molar-refractivity contribution in [3.05, 3.63) is 46.0 Å². The Kier molecular flexibility index (Phi) is 2.11. The highest BCUT2D eigenvalue weighted by Crippen LogP contribution is 2.38. The predicted octanol–water partition coefficient (Wildman–Crippen LogP) is 3.63. The minimum absolute atomic E-state index is 0.942. The van der Waals surface area contributed by atoms with Crippen LogP contribution in [0.2, 0.25) is 0 Å². The second kappa shape index (κ2) is 3.68. The van der Waals surface area contributed by atoms with Gasteiger partial charge >= 0.3 is 0 Å². The van der Waals surface area contributed by atoms with Gasteiger partial charge in [-0.15, -0.1) is 0 Å². The molecule has 0 bridgehead atoms. The Morgan fingerprint density at radius 2 is 1.50 bits per heavy atom. The van der Waals surface area contributed by atoms with Crippen molar-refractivity contribution in [1.82, 2.24) is 0 Å². The predicted molar refractivity (Wildman–Crippen MR) is 73.4 cm³/mol. The molecule has 0 atom stereocenters. The van der Waals surface area contributed by atoms with E-state index in [-0.39, 0.29) is 0 Å². The third-order valence-electron chi connectivity index (χ3n) is 4.57. The molecule has 0 radical (unpaired) electrons. The lowest BCUT2D eigenvalue weighted by Crippen LogP contribution is -2.11. The van der Waals surface area contributed by atoms with Crippen LogP contribution < -0.4 is 0 Å². The Morgan fingerprint density at radius 1 is 0.833 bits per heavy atom. The van der Waals surface area contributed by atoms with Crippen molar-refractivity contribution < 1.29 is 4.79 Å². The Balaban J connectivity index is 2.22.